The minimum atomic E-state index is -0.0139. The number of ether oxygens (including phenoxy) is 1. The molecule has 1 N–H and O–H groups in total. The summed E-state index contributed by atoms with van der Waals surface area (Å²) in [5.41, 5.74) is 0. The first kappa shape index (κ1) is 15.9. The van der Waals surface area contributed by atoms with Gasteiger partial charge in [-0.25, -0.2) is 4.79 Å². The van der Waals surface area contributed by atoms with Crippen LogP contribution in [-0.4, -0.2) is 95.6 Å². The Labute approximate surface area is 142 Å². The summed E-state index contributed by atoms with van der Waals surface area (Å²) < 4.78 is 7.26. The van der Waals surface area contributed by atoms with E-state index in [2.05, 4.69) is 20.2 Å². The van der Waals surface area contributed by atoms with Gasteiger partial charge in [-0.05, 0) is 6.42 Å². The van der Waals surface area contributed by atoms with Gasteiger partial charge in [0.05, 0.1) is 19.8 Å². The van der Waals surface area contributed by atoms with Crippen LogP contribution in [0.15, 0.2) is 12.3 Å². The highest BCUT2D eigenvalue weighted by atomic mass is 16.5. The van der Waals surface area contributed by atoms with Gasteiger partial charge in [-0.15, -0.1) is 0 Å². The molecule has 0 aromatic carbocycles. The molecule has 3 saturated heterocycles. The van der Waals surface area contributed by atoms with Gasteiger partial charge in [0.1, 0.15) is 0 Å². The zero-order valence-electron chi connectivity index (χ0n) is 14.1. The van der Waals surface area contributed by atoms with Crippen molar-refractivity contribution in [1.29, 1.82) is 0 Å². The molecule has 2 atom stereocenters. The Morgan fingerprint density at radius 1 is 1.21 bits per heavy atom. The quantitative estimate of drug-likeness (QED) is 0.848. The van der Waals surface area contributed by atoms with Crippen molar-refractivity contribution in [3.63, 3.8) is 0 Å². The molecule has 2 bridgehead atoms. The van der Waals surface area contributed by atoms with Gasteiger partial charge in [0.15, 0.2) is 5.82 Å². The lowest BCUT2D eigenvalue weighted by Crippen LogP contribution is -2.51. The predicted octanol–water partition coefficient (Wildman–Crippen LogP) is 0.137. The Balaban J connectivity index is 1.27. The maximum atomic E-state index is 12.5. The third kappa shape index (κ3) is 3.55. The molecule has 24 heavy (non-hydrogen) atoms. The van der Waals surface area contributed by atoms with E-state index in [0.29, 0.717) is 11.9 Å². The number of amides is 2. The van der Waals surface area contributed by atoms with E-state index in [4.69, 9.17) is 4.74 Å². The molecule has 3 aliphatic heterocycles. The van der Waals surface area contributed by atoms with E-state index in [9.17, 15) is 4.79 Å². The first-order chi connectivity index (χ1) is 11.8. The predicted molar refractivity (Wildman–Crippen MR) is 90.1 cm³/mol. The molecule has 0 saturated carbocycles. The van der Waals surface area contributed by atoms with Gasteiger partial charge >= 0.3 is 6.03 Å². The van der Waals surface area contributed by atoms with Crippen LogP contribution >= 0.6 is 0 Å². The maximum absolute atomic E-state index is 12.5. The van der Waals surface area contributed by atoms with Crippen LogP contribution in [0.3, 0.4) is 0 Å². The number of aromatic nitrogens is 2. The molecule has 3 aliphatic rings. The summed E-state index contributed by atoms with van der Waals surface area (Å²) in [5.74, 6) is 0.641. The van der Waals surface area contributed by atoms with Crippen LogP contribution in [0.5, 0.6) is 0 Å². The van der Waals surface area contributed by atoms with Crippen LogP contribution in [0.25, 0.3) is 0 Å². The van der Waals surface area contributed by atoms with Crippen LogP contribution in [0.4, 0.5) is 10.6 Å². The topological polar surface area (TPSA) is 65.9 Å². The Morgan fingerprint density at radius 3 is 2.96 bits per heavy atom. The molecule has 4 rings (SSSR count). The van der Waals surface area contributed by atoms with Gasteiger partial charge < -0.3 is 9.64 Å². The fourth-order valence-electron chi connectivity index (χ4n) is 3.77. The second-order valence-corrected chi connectivity index (χ2v) is 6.78. The number of hydrogen-bond acceptors (Lipinski definition) is 5. The van der Waals surface area contributed by atoms with Crippen molar-refractivity contribution in [3.05, 3.63) is 12.3 Å². The van der Waals surface area contributed by atoms with E-state index in [1.807, 2.05) is 21.8 Å². The summed E-state index contributed by atoms with van der Waals surface area (Å²) in [4.78, 5) is 19.3. The minimum Gasteiger partial charge on any atom is -0.379 e. The molecular weight excluding hydrogens is 308 g/mol. The zero-order chi connectivity index (χ0) is 16.4. The zero-order valence-corrected chi connectivity index (χ0v) is 14.1. The fourth-order valence-corrected chi connectivity index (χ4v) is 3.77. The molecular formula is C16H26N6O2. The summed E-state index contributed by atoms with van der Waals surface area (Å²) in [5, 5.41) is 7.44. The minimum absolute atomic E-state index is 0.0139. The highest BCUT2D eigenvalue weighted by Gasteiger charge is 2.35. The summed E-state index contributed by atoms with van der Waals surface area (Å²) >= 11 is 0. The van der Waals surface area contributed by atoms with Crippen molar-refractivity contribution in [3.8, 4) is 0 Å². The molecule has 132 valence electrons. The first-order valence-corrected chi connectivity index (χ1v) is 8.91. The van der Waals surface area contributed by atoms with E-state index >= 15 is 0 Å². The van der Waals surface area contributed by atoms with E-state index < -0.39 is 0 Å². The molecule has 0 aliphatic carbocycles. The number of morpholine rings is 1. The first-order valence-electron chi connectivity index (χ1n) is 8.91. The number of piperazine rings is 1. The largest absolute Gasteiger partial charge is 0.379 e. The molecule has 3 fully saturated rings. The molecule has 4 heterocycles. The van der Waals surface area contributed by atoms with Crippen LogP contribution in [0, 0.1) is 0 Å². The number of anilines is 1. The van der Waals surface area contributed by atoms with Crippen molar-refractivity contribution < 1.29 is 9.53 Å². The Kier molecular flexibility index (Phi) is 4.68. The summed E-state index contributed by atoms with van der Waals surface area (Å²) in [6, 6.07) is 2.23. The monoisotopic (exact) mass is 334 g/mol. The van der Waals surface area contributed by atoms with Gasteiger partial charge in [-0.1, -0.05) is 0 Å². The number of carbonyl (C=O) groups is 1. The van der Waals surface area contributed by atoms with E-state index in [1.165, 1.54) is 0 Å². The Morgan fingerprint density at radius 2 is 2.08 bits per heavy atom. The number of nitrogens with zero attached hydrogens (tertiary/aromatic N) is 5. The second kappa shape index (κ2) is 7.08. The number of rotatable bonds is 4. The smallest absolute Gasteiger partial charge is 0.323 e. The normalized spacial score (nSPS) is 27.4. The van der Waals surface area contributed by atoms with Gasteiger partial charge in [-0.2, -0.15) is 5.10 Å². The average molecular weight is 334 g/mol. The summed E-state index contributed by atoms with van der Waals surface area (Å²) in [6.07, 6.45) is 3.02. The number of nitrogens with one attached hydrogen (secondary N) is 1. The lowest BCUT2D eigenvalue weighted by molar-refractivity contribution is 0.0360. The molecule has 2 unspecified atom stereocenters. The van der Waals surface area contributed by atoms with E-state index in [1.54, 1.807) is 0 Å². The number of fused-ring (bicyclic) bond motifs is 2. The van der Waals surface area contributed by atoms with Gasteiger partial charge in [0.25, 0.3) is 0 Å². The van der Waals surface area contributed by atoms with Crippen LogP contribution in [-0.2, 0) is 11.3 Å². The second-order valence-electron chi connectivity index (χ2n) is 6.78. The molecule has 0 spiro atoms. The summed E-state index contributed by atoms with van der Waals surface area (Å²) in [6.45, 7) is 9.32. The average Bonchev–Trinajstić information content (AvgIpc) is 3.21. The van der Waals surface area contributed by atoms with Crippen molar-refractivity contribution in [2.24, 2.45) is 0 Å². The van der Waals surface area contributed by atoms with Crippen molar-refractivity contribution in [2.45, 2.75) is 19.0 Å². The summed E-state index contributed by atoms with van der Waals surface area (Å²) in [7, 11) is 0. The lowest BCUT2D eigenvalue weighted by Gasteiger charge is -2.34. The molecule has 8 heteroatoms. The maximum Gasteiger partial charge on any atom is 0.323 e. The molecule has 2 amide bonds. The van der Waals surface area contributed by atoms with Gasteiger partial charge in [0.2, 0.25) is 0 Å². The Hall–Kier alpha value is -1.64. The van der Waals surface area contributed by atoms with Crippen molar-refractivity contribution >= 4 is 11.8 Å². The van der Waals surface area contributed by atoms with E-state index in [-0.39, 0.29) is 6.03 Å². The third-order valence-corrected chi connectivity index (χ3v) is 5.23. The van der Waals surface area contributed by atoms with Crippen molar-refractivity contribution in [2.75, 3.05) is 64.3 Å². The number of urea groups is 1. The Bertz CT molecular complexity index is 571. The molecule has 0 radical (unpaired) electrons. The number of carbonyl (C=O) groups excluding carboxylic acids is 1. The van der Waals surface area contributed by atoms with E-state index in [0.717, 1.165) is 72.0 Å². The lowest BCUT2D eigenvalue weighted by atomic mass is 10.2. The van der Waals surface area contributed by atoms with Gasteiger partial charge in [-0.3, -0.25) is 19.8 Å². The third-order valence-electron chi connectivity index (χ3n) is 5.23. The highest BCUT2D eigenvalue weighted by molar-refractivity contribution is 5.88. The molecule has 1 aromatic heterocycles. The standard InChI is InChI=1S/C16H26N6O2/c23-16(22-8-6-20-3-1-14(22)13-20)17-15-2-4-21(18-15)7-5-19-9-11-24-12-10-19/h2,4,14H,1,3,5-13H2,(H,17,18,23). The fraction of sp³-hybridized carbons (Fsp3) is 0.750. The highest BCUT2D eigenvalue weighted by Crippen LogP contribution is 2.21. The van der Waals surface area contributed by atoms with Crippen LogP contribution < -0.4 is 5.32 Å². The SMILES string of the molecule is O=C(Nc1ccn(CCN2CCOCC2)n1)N1CCN2CCC1C2. The number of hydrogen-bond donors (Lipinski definition) is 1. The van der Waals surface area contributed by atoms with Crippen molar-refractivity contribution in [1.82, 2.24) is 24.5 Å². The van der Waals surface area contributed by atoms with Crippen LogP contribution in [0.2, 0.25) is 0 Å². The van der Waals surface area contributed by atoms with Gasteiger partial charge in [0, 0.05) is 64.1 Å². The molecule has 1 aromatic rings. The van der Waals surface area contributed by atoms with Crippen LogP contribution in [0.1, 0.15) is 6.42 Å². The molecule has 8 nitrogen and oxygen atoms in total.